The normalized spacial score (nSPS) is 11.6. The van der Waals surface area contributed by atoms with Gasteiger partial charge in [0.15, 0.2) is 18.1 Å². The van der Waals surface area contributed by atoms with Crippen LogP contribution in [-0.4, -0.2) is 48.2 Å². The Kier molecular flexibility index (Phi) is 8.80. The van der Waals surface area contributed by atoms with E-state index in [-0.39, 0.29) is 34.5 Å². The Hall–Kier alpha value is -3.66. The first-order valence-electron chi connectivity index (χ1n) is 10.5. The van der Waals surface area contributed by atoms with Crippen LogP contribution in [0.1, 0.15) is 13.3 Å². The minimum Gasteiger partial charge on any atom is -0.490 e. The fraction of sp³-hybridized carbons (Fsp3) is 0.292. The molecule has 1 atom stereocenters. The Morgan fingerprint density at radius 2 is 1.88 bits per heavy atom. The molecule has 180 valence electrons. The van der Waals surface area contributed by atoms with Gasteiger partial charge in [-0.05, 0) is 49.6 Å². The zero-order chi connectivity index (χ0) is 24.5. The van der Waals surface area contributed by atoms with Crippen molar-refractivity contribution >= 4 is 34.6 Å². The number of thioether (sulfide) groups is 1. The first-order valence-corrected chi connectivity index (χ1v) is 11.9. The van der Waals surface area contributed by atoms with E-state index in [0.717, 1.165) is 0 Å². The second-order valence-electron chi connectivity index (χ2n) is 7.10. The lowest BCUT2D eigenvalue weighted by Crippen LogP contribution is -2.43. The standard InChI is InChI=1S/C24H25NO8S/c1-3-30-18-6-4-5-7-19(18)33-21-13-32-20-12-15(8-9-16(20)23(21)27)31-14-22(26)25-17(24(28)29)10-11-34-2/h4-9,12-13,17H,3,10-11,14H2,1-2H3,(H,25,26)(H,28,29)/t17-/m1/s1. The summed E-state index contributed by atoms with van der Waals surface area (Å²) in [4.78, 5) is 36.2. The monoisotopic (exact) mass is 487 g/mol. The van der Waals surface area contributed by atoms with Gasteiger partial charge in [-0.2, -0.15) is 11.8 Å². The molecule has 0 bridgehead atoms. The molecule has 0 aliphatic heterocycles. The summed E-state index contributed by atoms with van der Waals surface area (Å²) in [6.45, 7) is 1.91. The SMILES string of the molecule is CCOc1ccccc1Oc1coc2cc(OCC(=O)N[C@H](CCSC)C(=O)O)ccc2c1=O. The molecule has 0 aliphatic carbocycles. The predicted octanol–water partition coefficient (Wildman–Crippen LogP) is 3.69. The molecule has 34 heavy (non-hydrogen) atoms. The maximum Gasteiger partial charge on any atom is 0.326 e. The van der Waals surface area contributed by atoms with Crippen LogP contribution in [0, 0.1) is 0 Å². The third-order valence-corrected chi connectivity index (χ3v) is 5.34. The van der Waals surface area contributed by atoms with Crippen molar-refractivity contribution < 1.29 is 33.3 Å². The predicted molar refractivity (Wildman–Crippen MR) is 128 cm³/mol. The largest absolute Gasteiger partial charge is 0.490 e. The van der Waals surface area contributed by atoms with E-state index in [0.29, 0.717) is 30.3 Å². The van der Waals surface area contributed by atoms with Gasteiger partial charge in [0.05, 0.1) is 12.0 Å². The zero-order valence-corrected chi connectivity index (χ0v) is 19.6. The number of hydrogen-bond donors (Lipinski definition) is 2. The van der Waals surface area contributed by atoms with E-state index < -0.39 is 17.9 Å². The summed E-state index contributed by atoms with van der Waals surface area (Å²) in [6.07, 6.45) is 3.37. The van der Waals surface area contributed by atoms with Crippen LogP contribution in [0.5, 0.6) is 23.0 Å². The van der Waals surface area contributed by atoms with Crippen molar-refractivity contribution in [2.75, 3.05) is 25.2 Å². The topological polar surface area (TPSA) is 124 Å². The number of aliphatic carboxylic acids is 1. The van der Waals surface area contributed by atoms with Crippen molar-refractivity contribution in [1.29, 1.82) is 0 Å². The van der Waals surface area contributed by atoms with Gasteiger partial charge in [0.25, 0.3) is 5.91 Å². The highest BCUT2D eigenvalue weighted by Gasteiger charge is 2.20. The summed E-state index contributed by atoms with van der Waals surface area (Å²) in [5.41, 5.74) is -0.133. The van der Waals surface area contributed by atoms with Crippen molar-refractivity contribution in [2.45, 2.75) is 19.4 Å². The van der Waals surface area contributed by atoms with Crippen LogP contribution in [0.25, 0.3) is 11.0 Å². The number of fused-ring (bicyclic) bond motifs is 1. The Labute approximate surface area is 200 Å². The molecule has 0 unspecified atom stereocenters. The molecular weight excluding hydrogens is 462 g/mol. The quantitative estimate of drug-likeness (QED) is 0.393. The van der Waals surface area contributed by atoms with Crippen LogP contribution in [0.3, 0.4) is 0 Å². The van der Waals surface area contributed by atoms with E-state index in [1.807, 2.05) is 13.2 Å². The minimum atomic E-state index is -1.10. The lowest BCUT2D eigenvalue weighted by molar-refractivity contribution is -0.142. The van der Waals surface area contributed by atoms with E-state index >= 15 is 0 Å². The van der Waals surface area contributed by atoms with E-state index in [4.69, 9.17) is 18.6 Å². The Morgan fingerprint density at radius 3 is 2.59 bits per heavy atom. The van der Waals surface area contributed by atoms with Gasteiger partial charge in [0, 0.05) is 6.07 Å². The maximum atomic E-state index is 12.9. The van der Waals surface area contributed by atoms with Gasteiger partial charge in [-0.1, -0.05) is 12.1 Å². The van der Waals surface area contributed by atoms with Gasteiger partial charge >= 0.3 is 5.97 Å². The van der Waals surface area contributed by atoms with E-state index in [2.05, 4.69) is 5.32 Å². The van der Waals surface area contributed by atoms with Crippen molar-refractivity contribution in [3.63, 3.8) is 0 Å². The molecule has 1 aromatic heterocycles. The van der Waals surface area contributed by atoms with Gasteiger partial charge in [-0.3, -0.25) is 9.59 Å². The molecule has 0 fully saturated rings. The molecule has 2 aromatic carbocycles. The molecule has 0 radical (unpaired) electrons. The van der Waals surface area contributed by atoms with Crippen molar-refractivity contribution in [3.8, 4) is 23.0 Å². The second-order valence-corrected chi connectivity index (χ2v) is 8.08. The number of amides is 1. The van der Waals surface area contributed by atoms with Crippen LogP contribution in [0.2, 0.25) is 0 Å². The number of ether oxygens (including phenoxy) is 3. The molecule has 3 aromatic rings. The highest BCUT2D eigenvalue weighted by Crippen LogP contribution is 2.31. The van der Waals surface area contributed by atoms with Crippen LogP contribution < -0.4 is 25.0 Å². The molecule has 2 N–H and O–H groups in total. The fourth-order valence-electron chi connectivity index (χ4n) is 3.06. The maximum absolute atomic E-state index is 12.9. The zero-order valence-electron chi connectivity index (χ0n) is 18.7. The number of para-hydroxylation sites is 2. The molecule has 0 saturated heterocycles. The first-order chi connectivity index (χ1) is 16.4. The van der Waals surface area contributed by atoms with Crippen LogP contribution in [0.15, 0.2) is 57.9 Å². The molecule has 9 nitrogen and oxygen atoms in total. The summed E-state index contributed by atoms with van der Waals surface area (Å²) in [7, 11) is 0. The van der Waals surface area contributed by atoms with Crippen LogP contribution in [-0.2, 0) is 9.59 Å². The first kappa shape index (κ1) is 25.0. The molecule has 0 spiro atoms. The van der Waals surface area contributed by atoms with Crippen molar-refractivity contribution in [2.24, 2.45) is 0 Å². The Morgan fingerprint density at radius 1 is 1.12 bits per heavy atom. The highest BCUT2D eigenvalue weighted by molar-refractivity contribution is 7.98. The van der Waals surface area contributed by atoms with Gasteiger partial charge < -0.3 is 29.1 Å². The summed E-state index contributed by atoms with van der Waals surface area (Å²) < 4.78 is 22.3. The lowest BCUT2D eigenvalue weighted by Gasteiger charge is -2.14. The molecule has 1 heterocycles. The molecule has 0 saturated carbocycles. The number of nitrogens with one attached hydrogen (secondary N) is 1. The van der Waals surface area contributed by atoms with Gasteiger partial charge in [-0.15, -0.1) is 0 Å². The van der Waals surface area contributed by atoms with Crippen LogP contribution >= 0.6 is 11.8 Å². The number of carbonyl (C=O) groups is 2. The average molecular weight is 488 g/mol. The average Bonchev–Trinajstić information content (AvgIpc) is 2.83. The number of carboxylic acids is 1. The number of carboxylic acid groups (broad SMARTS) is 1. The number of rotatable bonds is 12. The Balaban J connectivity index is 1.69. The molecule has 3 rings (SSSR count). The second kappa shape index (κ2) is 12.0. The lowest BCUT2D eigenvalue weighted by atomic mass is 10.2. The van der Waals surface area contributed by atoms with Gasteiger partial charge in [0.1, 0.15) is 23.6 Å². The van der Waals surface area contributed by atoms with Crippen molar-refractivity contribution in [1.82, 2.24) is 5.32 Å². The number of carbonyl (C=O) groups excluding carboxylic acids is 1. The van der Waals surface area contributed by atoms with Gasteiger partial charge in [-0.25, -0.2) is 4.79 Å². The van der Waals surface area contributed by atoms with E-state index in [1.165, 1.54) is 36.2 Å². The fourth-order valence-corrected chi connectivity index (χ4v) is 3.53. The molecule has 1 amide bonds. The number of benzene rings is 2. The van der Waals surface area contributed by atoms with E-state index in [1.54, 1.807) is 24.3 Å². The molecule has 0 aliphatic rings. The number of hydrogen-bond acceptors (Lipinski definition) is 8. The van der Waals surface area contributed by atoms with Crippen molar-refractivity contribution in [3.05, 3.63) is 59.0 Å². The smallest absolute Gasteiger partial charge is 0.326 e. The summed E-state index contributed by atoms with van der Waals surface area (Å²) in [5, 5.41) is 11.9. The molecule has 10 heteroatoms. The Bertz CT molecular complexity index is 1210. The van der Waals surface area contributed by atoms with Gasteiger partial charge in [0.2, 0.25) is 11.2 Å². The highest BCUT2D eigenvalue weighted by atomic mass is 32.2. The third kappa shape index (κ3) is 6.44. The van der Waals surface area contributed by atoms with E-state index in [9.17, 15) is 19.5 Å². The molecular formula is C24H25NO8S. The van der Waals surface area contributed by atoms with Crippen LogP contribution in [0.4, 0.5) is 0 Å². The minimum absolute atomic E-state index is 0.00217. The summed E-state index contributed by atoms with van der Waals surface area (Å²) >= 11 is 1.49. The third-order valence-electron chi connectivity index (χ3n) is 4.70. The summed E-state index contributed by atoms with van der Waals surface area (Å²) in [5.74, 6) is 0.118. The summed E-state index contributed by atoms with van der Waals surface area (Å²) in [6, 6.07) is 10.5.